The molecule has 1 heterocycles. The summed E-state index contributed by atoms with van der Waals surface area (Å²) >= 11 is 0. The SMILES string of the molecule is CC1CCCC1CNC(=O)c1cncc(N)n1. The number of carbonyl (C=O) groups is 1. The highest BCUT2D eigenvalue weighted by Crippen LogP contribution is 2.30. The lowest BCUT2D eigenvalue weighted by Crippen LogP contribution is -2.31. The Bertz CT molecular complexity index is 407. The zero-order chi connectivity index (χ0) is 12.3. The lowest BCUT2D eigenvalue weighted by molar-refractivity contribution is 0.0939. The van der Waals surface area contributed by atoms with Gasteiger partial charge in [0.2, 0.25) is 0 Å². The van der Waals surface area contributed by atoms with Gasteiger partial charge in [0.05, 0.1) is 12.4 Å². The van der Waals surface area contributed by atoms with Gasteiger partial charge in [0.25, 0.3) is 5.91 Å². The van der Waals surface area contributed by atoms with E-state index in [2.05, 4.69) is 22.2 Å². The highest BCUT2D eigenvalue weighted by molar-refractivity contribution is 5.92. The van der Waals surface area contributed by atoms with E-state index in [0.717, 1.165) is 6.54 Å². The number of rotatable bonds is 3. The van der Waals surface area contributed by atoms with Crippen LogP contribution in [0.4, 0.5) is 5.82 Å². The van der Waals surface area contributed by atoms with Crippen LogP contribution in [0.3, 0.4) is 0 Å². The number of hydrogen-bond acceptors (Lipinski definition) is 4. The number of nitrogens with two attached hydrogens (primary N) is 1. The second-order valence-electron chi connectivity index (χ2n) is 4.71. The van der Waals surface area contributed by atoms with Crippen LogP contribution in [0.25, 0.3) is 0 Å². The van der Waals surface area contributed by atoms with E-state index in [0.29, 0.717) is 11.8 Å². The van der Waals surface area contributed by atoms with Gasteiger partial charge in [-0.05, 0) is 18.3 Å². The largest absolute Gasteiger partial charge is 0.382 e. The fourth-order valence-electron chi connectivity index (χ4n) is 2.33. The summed E-state index contributed by atoms with van der Waals surface area (Å²) in [6, 6.07) is 0. The molecule has 0 radical (unpaired) electrons. The molecule has 2 rings (SSSR count). The van der Waals surface area contributed by atoms with Crippen LogP contribution in [0.5, 0.6) is 0 Å². The predicted octanol–water partition coefficient (Wildman–Crippen LogP) is 1.22. The first-order valence-electron chi connectivity index (χ1n) is 6.02. The van der Waals surface area contributed by atoms with Gasteiger partial charge in [-0.25, -0.2) is 4.98 Å². The molecule has 5 heteroatoms. The fourth-order valence-corrected chi connectivity index (χ4v) is 2.33. The van der Waals surface area contributed by atoms with Crippen molar-refractivity contribution in [1.82, 2.24) is 15.3 Å². The van der Waals surface area contributed by atoms with Crippen molar-refractivity contribution in [3.8, 4) is 0 Å². The van der Waals surface area contributed by atoms with Gasteiger partial charge in [-0.15, -0.1) is 0 Å². The second kappa shape index (κ2) is 5.12. The third-order valence-corrected chi connectivity index (χ3v) is 3.45. The van der Waals surface area contributed by atoms with Gasteiger partial charge in [-0.1, -0.05) is 19.8 Å². The Balaban J connectivity index is 1.89. The molecule has 1 aliphatic carbocycles. The lowest BCUT2D eigenvalue weighted by atomic mass is 9.98. The summed E-state index contributed by atoms with van der Waals surface area (Å²) in [4.78, 5) is 19.6. The van der Waals surface area contributed by atoms with Gasteiger partial charge < -0.3 is 11.1 Å². The molecular weight excluding hydrogens is 216 g/mol. The summed E-state index contributed by atoms with van der Waals surface area (Å²) in [6.07, 6.45) is 6.59. The maximum atomic E-state index is 11.8. The molecule has 0 aromatic carbocycles. The van der Waals surface area contributed by atoms with Crippen LogP contribution >= 0.6 is 0 Å². The van der Waals surface area contributed by atoms with Gasteiger partial charge >= 0.3 is 0 Å². The Morgan fingerprint density at radius 3 is 3.00 bits per heavy atom. The first-order valence-corrected chi connectivity index (χ1v) is 6.02. The van der Waals surface area contributed by atoms with Crippen molar-refractivity contribution in [1.29, 1.82) is 0 Å². The van der Waals surface area contributed by atoms with Crippen LogP contribution in [0.1, 0.15) is 36.7 Å². The fraction of sp³-hybridized carbons (Fsp3) is 0.583. The second-order valence-corrected chi connectivity index (χ2v) is 4.71. The molecule has 0 aliphatic heterocycles. The smallest absolute Gasteiger partial charge is 0.271 e. The summed E-state index contributed by atoms with van der Waals surface area (Å²) in [7, 11) is 0. The summed E-state index contributed by atoms with van der Waals surface area (Å²) < 4.78 is 0. The zero-order valence-electron chi connectivity index (χ0n) is 10.0. The van der Waals surface area contributed by atoms with Crippen LogP contribution in [-0.4, -0.2) is 22.4 Å². The number of nitrogens with one attached hydrogen (secondary N) is 1. The highest BCUT2D eigenvalue weighted by Gasteiger charge is 2.23. The molecular formula is C12H18N4O. The lowest BCUT2D eigenvalue weighted by Gasteiger charge is -2.15. The number of aromatic nitrogens is 2. The Labute approximate surface area is 101 Å². The van der Waals surface area contributed by atoms with E-state index in [1.807, 2.05) is 0 Å². The van der Waals surface area contributed by atoms with Crippen molar-refractivity contribution < 1.29 is 4.79 Å². The number of nitrogen functional groups attached to an aromatic ring is 1. The predicted molar refractivity (Wildman–Crippen MR) is 65.3 cm³/mol. The highest BCUT2D eigenvalue weighted by atomic mass is 16.1. The van der Waals surface area contributed by atoms with Crippen molar-refractivity contribution in [2.24, 2.45) is 11.8 Å². The monoisotopic (exact) mass is 234 g/mol. The van der Waals surface area contributed by atoms with Crippen molar-refractivity contribution in [3.63, 3.8) is 0 Å². The summed E-state index contributed by atoms with van der Waals surface area (Å²) in [6.45, 7) is 2.96. The van der Waals surface area contributed by atoms with Crippen molar-refractivity contribution in [3.05, 3.63) is 18.1 Å². The third kappa shape index (κ3) is 2.93. The Hall–Kier alpha value is -1.65. The number of amides is 1. The molecule has 1 aliphatic rings. The Morgan fingerprint density at radius 1 is 1.53 bits per heavy atom. The van der Waals surface area contributed by atoms with Crippen LogP contribution in [-0.2, 0) is 0 Å². The van der Waals surface area contributed by atoms with E-state index in [4.69, 9.17) is 5.73 Å². The van der Waals surface area contributed by atoms with Gasteiger partial charge in [0, 0.05) is 6.54 Å². The molecule has 1 amide bonds. The molecule has 17 heavy (non-hydrogen) atoms. The van der Waals surface area contributed by atoms with E-state index in [1.165, 1.54) is 31.7 Å². The van der Waals surface area contributed by atoms with Gasteiger partial charge in [-0.3, -0.25) is 9.78 Å². The average molecular weight is 234 g/mol. The van der Waals surface area contributed by atoms with Crippen molar-refractivity contribution in [2.75, 3.05) is 12.3 Å². The maximum absolute atomic E-state index is 11.8. The molecule has 1 saturated carbocycles. The van der Waals surface area contributed by atoms with Gasteiger partial charge in [0.15, 0.2) is 0 Å². The first-order chi connectivity index (χ1) is 8.16. The maximum Gasteiger partial charge on any atom is 0.271 e. The molecule has 1 fully saturated rings. The van der Waals surface area contributed by atoms with E-state index in [9.17, 15) is 4.79 Å². The summed E-state index contributed by atoms with van der Waals surface area (Å²) in [5.74, 6) is 1.37. The minimum atomic E-state index is -0.191. The number of anilines is 1. The standard InChI is InChI=1S/C12H18N4O/c1-8-3-2-4-9(8)5-15-12(17)10-6-14-7-11(13)16-10/h6-9H,2-5H2,1H3,(H2,13,16)(H,15,17). The van der Waals surface area contributed by atoms with E-state index >= 15 is 0 Å². The number of nitrogens with zero attached hydrogens (tertiary/aromatic N) is 2. The summed E-state index contributed by atoms with van der Waals surface area (Å²) in [5.41, 5.74) is 5.77. The molecule has 5 nitrogen and oxygen atoms in total. The molecule has 3 N–H and O–H groups in total. The van der Waals surface area contributed by atoms with Crippen LogP contribution in [0, 0.1) is 11.8 Å². The van der Waals surface area contributed by atoms with Crippen LogP contribution in [0.15, 0.2) is 12.4 Å². The molecule has 0 bridgehead atoms. The van der Waals surface area contributed by atoms with E-state index < -0.39 is 0 Å². The van der Waals surface area contributed by atoms with Crippen molar-refractivity contribution in [2.45, 2.75) is 26.2 Å². The van der Waals surface area contributed by atoms with Gasteiger partial charge in [0.1, 0.15) is 11.5 Å². The Morgan fingerprint density at radius 2 is 2.35 bits per heavy atom. The van der Waals surface area contributed by atoms with Crippen LogP contribution in [0.2, 0.25) is 0 Å². The third-order valence-electron chi connectivity index (χ3n) is 3.45. The van der Waals surface area contributed by atoms with Crippen LogP contribution < -0.4 is 11.1 Å². The zero-order valence-corrected chi connectivity index (χ0v) is 10.0. The quantitative estimate of drug-likeness (QED) is 0.824. The molecule has 0 saturated heterocycles. The summed E-state index contributed by atoms with van der Waals surface area (Å²) in [5, 5.41) is 2.90. The normalized spacial score (nSPS) is 23.6. The van der Waals surface area contributed by atoms with E-state index in [1.54, 1.807) is 0 Å². The molecule has 1 aromatic heterocycles. The van der Waals surface area contributed by atoms with E-state index in [-0.39, 0.29) is 17.4 Å². The molecule has 92 valence electrons. The molecule has 1 aromatic rings. The average Bonchev–Trinajstić information content (AvgIpc) is 2.72. The Kier molecular flexibility index (Phi) is 3.56. The molecule has 2 atom stereocenters. The topological polar surface area (TPSA) is 80.9 Å². The minimum Gasteiger partial charge on any atom is -0.382 e. The number of hydrogen-bond donors (Lipinski definition) is 2. The molecule has 2 unspecified atom stereocenters. The molecule has 0 spiro atoms. The minimum absolute atomic E-state index is 0.191. The van der Waals surface area contributed by atoms with Gasteiger partial charge in [-0.2, -0.15) is 0 Å². The van der Waals surface area contributed by atoms with Crippen molar-refractivity contribution >= 4 is 11.7 Å². The first kappa shape index (κ1) is 11.8. The number of carbonyl (C=O) groups excluding carboxylic acids is 1.